The van der Waals surface area contributed by atoms with Crippen LogP contribution in [0.2, 0.25) is 5.02 Å². The third kappa shape index (κ3) is 2.38. The smallest absolute Gasteiger partial charge is 0.344 e. The number of aliphatic carboxylic acids is 1. The van der Waals surface area contributed by atoms with E-state index in [1.165, 1.54) is 13.0 Å². The molecule has 0 spiro atoms. The summed E-state index contributed by atoms with van der Waals surface area (Å²) < 4.78 is 10.6. The van der Waals surface area contributed by atoms with Gasteiger partial charge in [-0.3, -0.25) is 0 Å². The van der Waals surface area contributed by atoms with Gasteiger partial charge in [0, 0.05) is 17.0 Å². The summed E-state index contributed by atoms with van der Waals surface area (Å²) in [6, 6.07) is 3.16. The van der Waals surface area contributed by atoms with Gasteiger partial charge in [0.05, 0.1) is 5.02 Å². The first-order valence-electron chi connectivity index (χ1n) is 6.65. The third-order valence-electron chi connectivity index (χ3n) is 3.68. The van der Waals surface area contributed by atoms with E-state index in [-0.39, 0.29) is 11.4 Å². The number of rotatable bonds is 3. The van der Waals surface area contributed by atoms with Crippen LogP contribution in [0.15, 0.2) is 21.3 Å². The van der Waals surface area contributed by atoms with Crippen LogP contribution in [0.1, 0.15) is 24.5 Å². The fourth-order valence-corrected chi connectivity index (χ4v) is 2.82. The minimum atomic E-state index is -1.10. The summed E-state index contributed by atoms with van der Waals surface area (Å²) in [6.45, 7) is 1.40. The van der Waals surface area contributed by atoms with E-state index in [9.17, 15) is 9.59 Å². The van der Waals surface area contributed by atoms with Crippen molar-refractivity contribution in [3.05, 3.63) is 38.7 Å². The molecule has 2 aromatic rings. The van der Waals surface area contributed by atoms with E-state index in [4.69, 9.17) is 25.9 Å². The maximum atomic E-state index is 11.9. The van der Waals surface area contributed by atoms with E-state index in [0.29, 0.717) is 16.2 Å². The Labute approximate surface area is 125 Å². The van der Waals surface area contributed by atoms with Crippen LogP contribution in [0, 0.1) is 0 Å². The number of aryl methyl sites for hydroxylation is 1. The van der Waals surface area contributed by atoms with Crippen LogP contribution in [0.4, 0.5) is 0 Å². The van der Waals surface area contributed by atoms with E-state index in [1.807, 2.05) is 0 Å². The molecule has 1 N–H and O–H groups in total. The molecule has 1 atom stereocenters. The van der Waals surface area contributed by atoms with Gasteiger partial charge < -0.3 is 14.3 Å². The highest BCUT2D eigenvalue weighted by Crippen LogP contribution is 2.35. The van der Waals surface area contributed by atoms with Crippen molar-refractivity contribution in [2.24, 2.45) is 0 Å². The number of hydrogen-bond acceptors (Lipinski definition) is 4. The quantitative estimate of drug-likeness (QED) is 0.882. The van der Waals surface area contributed by atoms with Gasteiger partial charge in [-0.15, -0.1) is 0 Å². The average molecular weight is 309 g/mol. The fraction of sp³-hybridized carbons (Fsp3) is 0.333. The second kappa shape index (κ2) is 5.07. The molecule has 0 unspecified atom stereocenters. The molecule has 0 bridgehead atoms. The highest BCUT2D eigenvalue weighted by atomic mass is 35.5. The molecular weight excluding hydrogens is 296 g/mol. The Morgan fingerprint density at radius 2 is 2.10 bits per heavy atom. The summed E-state index contributed by atoms with van der Waals surface area (Å²) in [6.07, 6.45) is 1.42. The van der Waals surface area contributed by atoms with Crippen molar-refractivity contribution in [3.63, 3.8) is 0 Å². The lowest BCUT2D eigenvalue weighted by Gasteiger charge is -2.13. The van der Waals surface area contributed by atoms with Crippen molar-refractivity contribution in [2.45, 2.75) is 32.3 Å². The monoisotopic (exact) mass is 308 g/mol. The minimum Gasteiger partial charge on any atom is -0.479 e. The molecule has 5 nitrogen and oxygen atoms in total. The SMILES string of the molecule is C[C@@H](Oc1cc2oc(=O)c3c(c2cc1Cl)CCC3)C(=O)O. The van der Waals surface area contributed by atoms with Crippen molar-refractivity contribution in [1.82, 2.24) is 0 Å². The lowest BCUT2D eigenvalue weighted by atomic mass is 10.1. The Hall–Kier alpha value is -2.01. The number of carbonyl (C=O) groups is 1. The van der Waals surface area contributed by atoms with E-state index in [2.05, 4.69) is 0 Å². The number of carboxylic acid groups (broad SMARTS) is 1. The Balaban J connectivity index is 2.14. The van der Waals surface area contributed by atoms with Crippen LogP contribution in [0.25, 0.3) is 11.0 Å². The van der Waals surface area contributed by atoms with Crippen molar-refractivity contribution in [1.29, 1.82) is 0 Å². The molecular formula is C15H13ClO5. The largest absolute Gasteiger partial charge is 0.479 e. The number of hydrogen-bond donors (Lipinski definition) is 1. The van der Waals surface area contributed by atoms with Gasteiger partial charge in [-0.2, -0.15) is 0 Å². The zero-order valence-electron chi connectivity index (χ0n) is 11.3. The predicted molar refractivity (Wildman–Crippen MR) is 77.2 cm³/mol. The van der Waals surface area contributed by atoms with Gasteiger partial charge in [0.25, 0.3) is 0 Å². The van der Waals surface area contributed by atoms with E-state index >= 15 is 0 Å². The van der Waals surface area contributed by atoms with E-state index < -0.39 is 12.1 Å². The maximum absolute atomic E-state index is 11.9. The molecule has 3 rings (SSSR count). The molecule has 1 aromatic heterocycles. The summed E-state index contributed by atoms with van der Waals surface area (Å²) in [5.74, 6) is -0.901. The van der Waals surface area contributed by atoms with E-state index in [1.54, 1.807) is 6.07 Å². The van der Waals surface area contributed by atoms with Crippen molar-refractivity contribution in [3.8, 4) is 5.75 Å². The van der Waals surface area contributed by atoms with Crippen molar-refractivity contribution in [2.75, 3.05) is 0 Å². The lowest BCUT2D eigenvalue weighted by molar-refractivity contribution is -0.144. The molecule has 0 aliphatic heterocycles. The van der Waals surface area contributed by atoms with Gasteiger partial charge in [-0.1, -0.05) is 11.6 Å². The average Bonchev–Trinajstić information content (AvgIpc) is 2.91. The molecule has 0 saturated heterocycles. The molecule has 6 heteroatoms. The summed E-state index contributed by atoms with van der Waals surface area (Å²) >= 11 is 6.16. The van der Waals surface area contributed by atoms with E-state index in [0.717, 1.165) is 30.2 Å². The van der Waals surface area contributed by atoms with Crippen LogP contribution < -0.4 is 10.4 Å². The van der Waals surface area contributed by atoms with Crippen molar-refractivity contribution >= 4 is 28.5 Å². The number of carboxylic acids is 1. The molecule has 0 amide bonds. The number of fused-ring (bicyclic) bond motifs is 3. The third-order valence-corrected chi connectivity index (χ3v) is 3.97. The molecule has 1 aromatic carbocycles. The molecule has 110 valence electrons. The first-order valence-corrected chi connectivity index (χ1v) is 7.02. The summed E-state index contributed by atoms with van der Waals surface area (Å²) in [5.41, 5.74) is 1.72. The Kier molecular flexibility index (Phi) is 3.37. The molecule has 1 aliphatic rings. The standard InChI is InChI=1S/C15H13ClO5/c1-7(14(17)18)20-13-6-12-10(5-11(13)16)8-3-2-4-9(8)15(19)21-12/h5-7H,2-4H2,1H3,(H,17,18)/t7-/m1/s1. The zero-order valence-corrected chi connectivity index (χ0v) is 12.1. The minimum absolute atomic E-state index is 0.195. The van der Waals surface area contributed by atoms with Gasteiger partial charge in [0.2, 0.25) is 0 Å². The zero-order chi connectivity index (χ0) is 15.1. The first kappa shape index (κ1) is 13.9. The van der Waals surface area contributed by atoms with Crippen LogP contribution in [-0.4, -0.2) is 17.2 Å². The van der Waals surface area contributed by atoms with Gasteiger partial charge in [-0.25, -0.2) is 9.59 Å². The summed E-state index contributed by atoms with van der Waals surface area (Å²) in [7, 11) is 0. The Morgan fingerprint density at radius 3 is 2.81 bits per heavy atom. The Morgan fingerprint density at radius 1 is 1.38 bits per heavy atom. The van der Waals surface area contributed by atoms with Crippen LogP contribution >= 0.6 is 11.6 Å². The number of benzene rings is 1. The van der Waals surface area contributed by atoms with Gasteiger partial charge in [0.15, 0.2) is 6.10 Å². The van der Waals surface area contributed by atoms with Gasteiger partial charge in [-0.05, 0) is 37.8 Å². The summed E-state index contributed by atoms with van der Waals surface area (Å²) in [4.78, 5) is 22.8. The topological polar surface area (TPSA) is 76.7 Å². The lowest BCUT2D eigenvalue weighted by Crippen LogP contribution is -2.23. The fourth-order valence-electron chi connectivity index (χ4n) is 2.61. The highest BCUT2D eigenvalue weighted by molar-refractivity contribution is 6.32. The molecule has 1 heterocycles. The second-order valence-electron chi connectivity index (χ2n) is 5.08. The van der Waals surface area contributed by atoms with Crippen LogP contribution in [-0.2, 0) is 17.6 Å². The highest BCUT2D eigenvalue weighted by Gasteiger charge is 2.22. The van der Waals surface area contributed by atoms with Gasteiger partial charge in [0.1, 0.15) is 11.3 Å². The van der Waals surface area contributed by atoms with Gasteiger partial charge >= 0.3 is 11.6 Å². The molecule has 0 radical (unpaired) electrons. The summed E-state index contributed by atoms with van der Waals surface area (Å²) in [5, 5.41) is 9.98. The number of ether oxygens (including phenoxy) is 1. The first-order chi connectivity index (χ1) is 9.97. The molecule has 0 saturated carbocycles. The maximum Gasteiger partial charge on any atom is 0.344 e. The molecule has 1 aliphatic carbocycles. The second-order valence-corrected chi connectivity index (χ2v) is 5.48. The molecule has 21 heavy (non-hydrogen) atoms. The Bertz CT molecular complexity index is 793. The molecule has 0 fully saturated rings. The number of halogens is 1. The van der Waals surface area contributed by atoms with Crippen molar-refractivity contribution < 1.29 is 19.1 Å². The predicted octanol–water partition coefficient (Wildman–Crippen LogP) is 2.79. The van der Waals surface area contributed by atoms with Crippen LogP contribution in [0.3, 0.4) is 0 Å². The normalized spacial score (nSPS) is 15.0. The van der Waals surface area contributed by atoms with Crippen LogP contribution in [0.5, 0.6) is 5.75 Å².